The minimum absolute atomic E-state index is 0.113. The minimum atomic E-state index is -3.79. The molecule has 0 aliphatic carbocycles. The molecule has 35 heavy (non-hydrogen) atoms. The molecule has 2 aromatic carbocycles. The van der Waals surface area contributed by atoms with Gasteiger partial charge in [0.25, 0.3) is 10.0 Å². The third-order valence-corrected chi connectivity index (χ3v) is 7.32. The molecule has 3 aromatic rings. The Kier molecular flexibility index (Phi) is 6.63. The van der Waals surface area contributed by atoms with E-state index in [-0.39, 0.29) is 4.90 Å². The lowest BCUT2D eigenvalue weighted by molar-refractivity contribution is 0.297. The quantitative estimate of drug-likeness (QED) is 0.516. The second kappa shape index (κ2) is 9.99. The van der Waals surface area contributed by atoms with Gasteiger partial charge in [0.2, 0.25) is 5.95 Å². The summed E-state index contributed by atoms with van der Waals surface area (Å²) in [6.45, 7) is 5.01. The minimum Gasteiger partial charge on any atom is -0.490 e. The van der Waals surface area contributed by atoms with Gasteiger partial charge in [-0.1, -0.05) is 0 Å². The first kappa shape index (κ1) is 23.2. The summed E-state index contributed by atoms with van der Waals surface area (Å²) in [4.78, 5) is 11.6. The largest absolute Gasteiger partial charge is 0.490 e. The van der Waals surface area contributed by atoms with Gasteiger partial charge in [0.1, 0.15) is 5.82 Å². The fourth-order valence-corrected chi connectivity index (χ4v) is 5.24. The molecule has 9 nitrogen and oxygen atoms in total. The Bertz CT molecular complexity index is 1290. The van der Waals surface area contributed by atoms with Crippen molar-refractivity contribution in [2.45, 2.75) is 37.5 Å². The first-order valence-electron chi connectivity index (χ1n) is 11.9. The van der Waals surface area contributed by atoms with Gasteiger partial charge in [0.15, 0.2) is 11.5 Å². The Labute approximate surface area is 205 Å². The van der Waals surface area contributed by atoms with Gasteiger partial charge >= 0.3 is 0 Å². The predicted molar refractivity (Wildman–Crippen MR) is 135 cm³/mol. The molecule has 1 fully saturated rings. The maximum Gasteiger partial charge on any atom is 0.262 e. The van der Waals surface area contributed by atoms with E-state index in [1.54, 1.807) is 30.3 Å². The number of piperidine rings is 1. The van der Waals surface area contributed by atoms with E-state index in [9.17, 15) is 8.42 Å². The molecule has 3 heterocycles. The number of anilines is 4. The molecule has 2 N–H and O–H groups in total. The monoisotopic (exact) mass is 495 g/mol. The third-order valence-electron chi connectivity index (χ3n) is 5.94. The Morgan fingerprint density at radius 1 is 0.829 bits per heavy atom. The molecule has 1 saturated heterocycles. The van der Waals surface area contributed by atoms with Gasteiger partial charge in [-0.15, -0.1) is 0 Å². The Morgan fingerprint density at radius 2 is 1.54 bits per heavy atom. The van der Waals surface area contributed by atoms with Crippen molar-refractivity contribution in [3.05, 3.63) is 54.2 Å². The summed E-state index contributed by atoms with van der Waals surface area (Å²) >= 11 is 0. The van der Waals surface area contributed by atoms with Crippen LogP contribution in [0, 0.1) is 6.92 Å². The molecular weight excluding hydrogens is 466 g/mol. The number of fused-ring (bicyclic) bond motifs is 1. The molecule has 5 rings (SSSR count). The van der Waals surface area contributed by atoms with Crippen molar-refractivity contribution in [2.75, 3.05) is 41.2 Å². The number of aryl methyl sites for hydroxylation is 1. The van der Waals surface area contributed by atoms with Crippen LogP contribution in [0.1, 0.15) is 31.4 Å². The molecule has 2 aliphatic heterocycles. The van der Waals surface area contributed by atoms with Gasteiger partial charge in [-0.2, -0.15) is 4.98 Å². The smallest absolute Gasteiger partial charge is 0.262 e. The van der Waals surface area contributed by atoms with Crippen molar-refractivity contribution in [3.8, 4) is 11.5 Å². The predicted octanol–water partition coefficient (Wildman–Crippen LogP) is 4.48. The number of hydrogen-bond acceptors (Lipinski definition) is 8. The SMILES string of the molecule is Cc1cc(N2CCCCC2)nc(Nc2ccc(NS(=O)(=O)c3ccc4c(c3)OCCCO4)cc2)n1. The van der Waals surface area contributed by atoms with E-state index in [0.29, 0.717) is 36.3 Å². The maximum atomic E-state index is 12.9. The van der Waals surface area contributed by atoms with Crippen LogP contribution in [0.15, 0.2) is 53.4 Å². The van der Waals surface area contributed by atoms with Crippen LogP contribution in [-0.4, -0.2) is 44.7 Å². The number of rotatable bonds is 6. The second-order valence-corrected chi connectivity index (χ2v) is 10.4. The van der Waals surface area contributed by atoms with E-state index in [0.717, 1.165) is 36.7 Å². The molecule has 0 saturated carbocycles. The zero-order valence-electron chi connectivity index (χ0n) is 19.7. The van der Waals surface area contributed by atoms with Gasteiger partial charge in [0.05, 0.1) is 18.1 Å². The van der Waals surface area contributed by atoms with Crippen LogP contribution in [0.2, 0.25) is 0 Å². The van der Waals surface area contributed by atoms with E-state index >= 15 is 0 Å². The van der Waals surface area contributed by atoms with Crippen molar-refractivity contribution in [1.29, 1.82) is 0 Å². The second-order valence-electron chi connectivity index (χ2n) is 8.71. The van der Waals surface area contributed by atoms with Gasteiger partial charge in [-0.3, -0.25) is 4.72 Å². The van der Waals surface area contributed by atoms with Crippen LogP contribution in [0.3, 0.4) is 0 Å². The number of aromatic nitrogens is 2. The molecule has 0 amide bonds. The van der Waals surface area contributed by atoms with Crippen molar-refractivity contribution in [3.63, 3.8) is 0 Å². The fourth-order valence-electron chi connectivity index (χ4n) is 4.17. The summed E-state index contributed by atoms with van der Waals surface area (Å²) in [6, 6.07) is 13.6. The number of benzene rings is 2. The fraction of sp³-hybridized carbons (Fsp3) is 0.360. The summed E-state index contributed by atoms with van der Waals surface area (Å²) in [6.07, 6.45) is 4.36. The van der Waals surface area contributed by atoms with Crippen molar-refractivity contribution in [2.24, 2.45) is 0 Å². The van der Waals surface area contributed by atoms with Crippen molar-refractivity contribution >= 4 is 33.2 Å². The van der Waals surface area contributed by atoms with Gasteiger partial charge in [-0.05, 0) is 62.6 Å². The zero-order valence-corrected chi connectivity index (χ0v) is 20.5. The average Bonchev–Trinajstić information content (AvgIpc) is 3.10. The summed E-state index contributed by atoms with van der Waals surface area (Å²) in [5.74, 6) is 2.44. The van der Waals surface area contributed by atoms with Crippen LogP contribution in [0.5, 0.6) is 11.5 Å². The number of nitrogens with zero attached hydrogens (tertiary/aromatic N) is 3. The van der Waals surface area contributed by atoms with Gasteiger partial charge < -0.3 is 19.7 Å². The number of sulfonamides is 1. The standard InChI is InChI=1S/C25H29N5O4S/c1-18-16-24(30-12-3-2-4-13-30)28-25(26-18)27-19-6-8-20(9-7-19)29-35(31,32)21-10-11-22-23(17-21)34-15-5-14-33-22/h6-11,16-17,29H,2-5,12-15H2,1H3,(H,26,27,28). The van der Waals surface area contributed by atoms with E-state index in [1.807, 2.05) is 13.0 Å². The molecule has 2 aliphatic rings. The Morgan fingerprint density at radius 3 is 2.31 bits per heavy atom. The number of hydrogen-bond donors (Lipinski definition) is 2. The molecule has 1 aromatic heterocycles. The lowest BCUT2D eigenvalue weighted by Crippen LogP contribution is -2.30. The third kappa shape index (κ3) is 5.59. The average molecular weight is 496 g/mol. The maximum absolute atomic E-state index is 12.9. The molecule has 0 bridgehead atoms. The normalized spacial score (nSPS) is 15.9. The van der Waals surface area contributed by atoms with Crippen LogP contribution in [0.25, 0.3) is 0 Å². The summed E-state index contributed by atoms with van der Waals surface area (Å²) in [5.41, 5.74) is 2.10. The summed E-state index contributed by atoms with van der Waals surface area (Å²) in [7, 11) is -3.79. The van der Waals surface area contributed by atoms with Crippen LogP contribution < -0.4 is 24.4 Å². The topological polar surface area (TPSA) is 106 Å². The molecule has 0 atom stereocenters. The highest BCUT2D eigenvalue weighted by atomic mass is 32.2. The van der Waals surface area contributed by atoms with Gasteiger partial charge in [-0.25, -0.2) is 13.4 Å². The van der Waals surface area contributed by atoms with Crippen LogP contribution in [0.4, 0.5) is 23.1 Å². The molecule has 0 unspecified atom stereocenters. The summed E-state index contributed by atoms with van der Waals surface area (Å²) < 4.78 is 39.7. The first-order chi connectivity index (χ1) is 17.0. The molecule has 0 radical (unpaired) electrons. The van der Waals surface area contributed by atoms with Crippen molar-refractivity contribution < 1.29 is 17.9 Å². The highest BCUT2D eigenvalue weighted by Gasteiger charge is 2.19. The van der Waals surface area contributed by atoms with E-state index in [4.69, 9.17) is 9.47 Å². The number of ether oxygens (including phenoxy) is 2. The van der Waals surface area contributed by atoms with Crippen LogP contribution in [-0.2, 0) is 10.0 Å². The lowest BCUT2D eigenvalue weighted by Gasteiger charge is -2.28. The molecule has 10 heteroatoms. The Hall–Kier alpha value is -3.53. The first-order valence-corrected chi connectivity index (χ1v) is 13.3. The number of nitrogens with one attached hydrogen (secondary N) is 2. The van der Waals surface area contributed by atoms with E-state index in [2.05, 4.69) is 24.9 Å². The van der Waals surface area contributed by atoms with Crippen molar-refractivity contribution in [1.82, 2.24) is 9.97 Å². The molecular formula is C25H29N5O4S. The van der Waals surface area contributed by atoms with E-state index < -0.39 is 10.0 Å². The van der Waals surface area contributed by atoms with Gasteiger partial charge in [0, 0.05) is 48.7 Å². The molecule has 0 spiro atoms. The highest BCUT2D eigenvalue weighted by Crippen LogP contribution is 2.32. The zero-order chi connectivity index (χ0) is 24.3. The summed E-state index contributed by atoms with van der Waals surface area (Å²) in [5, 5.41) is 3.23. The lowest BCUT2D eigenvalue weighted by atomic mass is 10.1. The van der Waals surface area contributed by atoms with Crippen LogP contribution >= 0.6 is 0 Å². The Balaban J connectivity index is 1.28. The highest BCUT2D eigenvalue weighted by molar-refractivity contribution is 7.92. The molecule has 184 valence electrons. The van der Waals surface area contributed by atoms with E-state index in [1.165, 1.54) is 31.4 Å².